The maximum Gasteiger partial charge on any atom is 0.534 e. The summed E-state index contributed by atoms with van der Waals surface area (Å²) < 4.78 is 62.9. The van der Waals surface area contributed by atoms with Crippen molar-refractivity contribution in [3.05, 3.63) is 28.3 Å². The van der Waals surface area contributed by atoms with Gasteiger partial charge in [0.1, 0.15) is 0 Å². The largest absolute Gasteiger partial charge is 0.534 e. The molecule has 0 aliphatic carbocycles. The second-order valence-corrected chi connectivity index (χ2v) is 5.76. The molecule has 0 radical (unpaired) electrons. The molecule has 1 amide bonds. The van der Waals surface area contributed by atoms with Crippen molar-refractivity contribution in [3.8, 4) is 5.75 Å². The molecule has 0 bridgehead atoms. The fourth-order valence-electron chi connectivity index (χ4n) is 1.41. The first-order valence-corrected chi connectivity index (χ1v) is 7.48. The Morgan fingerprint density at radius 1 is 1.39 bits per heavy atom. The number of non-ortho nitro benzene ring substituents is 1. The first-order chi connectivity index (χ1) is 10.5. The van der Waals surface area contributed by atoms with Crippen molar-refractivity contribution in [2.45, 2.75) is 25.3 Å². The van der Waals surface area contributed by atoms with Gasteiger partial charge in [-0.05, 0) is 12.5 Å². The Hall–Kier alpha value is -2.37. The van der Waals surface area contributed by atoms with E-state index < -0.39 is 43.6 Å². The van der Waals surface area contributed by atoms with Crippen molar-refractivity contribution in [2.75, 3.05) is 5.32 Å². The number of nitro groups is 1. The molecule has 1 N–H and O–H groups in total. The van der Waals surface area contributed by atoms with Gasteiger partial charge in [0.05, 0.1) is 10.6 Å². The van der Waals surface area contributed by atoms with Crippen LogP contribution in [0.5, 0.6) is 5.75 Å². The van der Waals surface area contributed by atoms with Gasteiger partial charge in [-0.25, -0.2) is 0 Å². The zero-order valence-electron chi connectivity index (χ0n) is 11.6. The van der Waals surface area contributed by atoms with Crippen molar-refractivity contribution in [2.24, 2.45) is 0 Å². The number of rotatable bonds is 6. The first kappa shape index (κ1) is 18.7. The fourth-order valence-corrected chi connectivity index (χ4v) is 1.88. The summed E-state index contributed by atoms with van der Waals surface area (Å²) in [4.78, 5) is 21.3. The third kappa shape index (κ3) is 4.81. The summed E-state index contributed by atoms with van der Waals surface area (Å²) in [5.74, 6) is -1.54. The number of nitrogens with one attached hydrogen (secondary N) is 1. The monoisotopic (exact) mass is 356 g/mol. The minimum absolute atomic E-state index is 0.0197. The van der Waals surface area contributed by atoms with E-state index in [-0.39, 0.29) is 6.42 Å². The summed E-state index contributed by atoms with van der Waals surface area (Å²) in [6.07, 6.45) is 0.381. The van der Waals surface area contributed by atoms with Crippen LogP contribution in [0.4, 0.5) is 24.5 Å². The van der Waals surface area contributed by atoms with Gasteiger partial charge in [0.25, 0.3) is 5.69 Å². The van der Waals surface area contributed by atoms with Gasteiger partial charge >= 0.3 is 15.6 Å². The van der Waals surface area contributed by atoms with Crippen molar-refractivity contribution < 1.29 is 35.5 Å². The lowest BCUT2D eigenvalue weighted by Gasteiger charge is -2.13. The minimum Gasteiger partial charge on any atom is -0.374 e. The summed E-state index contributed by atoms with van der Waals surface area (Å²) in [7, 11) is -5.98. The molecule has 23 heavy (non-hydrogen) atoms. The molecule has 0 fully saturated rings. The van der Waals surface area contributed by atoms with Crippen LogP contribution in [0, 0.1) is 10.1 Å². The van der Waals surface area contributed by atoms with Crippen LogP contribution in [0.1, 0.15) is 19.8 Å². The summed E-state index contributed by atoms with van der Waals surface area (Å²) in [6.45, 7) is 1.65. The Labute approximate surface area is 128 Å². The molecule has 128 valence electrons. The molecule has 0 atom stereocenters. The average molecular weight is 356 g/mol. The molecule has 0 saturated heterocycles. The van der Waals surface area contributed by atoms with Crippen molar-refractivity contribution in [1.29, 1.82) is 0 Å². The number of halogens is 3. The lowest BCUT2D eigenvalue weighted by Crippen LogP contribution is -2.28. The van der Waals surface area contributed by atoms with E-state index in [0.717, 1.165) is 6.07 Å². The van der Waals surface area contributed by atoms with E-state index >= 15 is 0 Å². The molecule has 1 aromatic carbocycles. The highest BCUT2D eigenvalue weighted by Crippen LogP contribution is 2.34. The van der Waals surface area contributed by atoms with Crippen LogP contribution in [0.15, 0.2) is 18.2 Å². The second kappa shape index (κ2) is 6.81. The van der Waals surface area contributed by atoms with Crippen LogP contribution >= 0.6 is 0 Å². The number of carbonyl (C=O) groups excluding carboxylic acids is 1. The molecule has 0 heterocycles. The standard InChI is InChI=1S/C11H11F3N2O6S/c1-2-3-10(17)15-8-6-7(16(18)19)4-5-9(8)22-23(20,21)11(12,13)14/h4-6H,2-3H2,1H3,(H,15,17). The Morgan fingerprint density at radius 3 is 2.48 bits per heavy atom. The highest BCUT2D eigenvalue weighted by Gasteiger charge is 2.48. The predicted octanol–water partition coefficient (Wildman–Crippen LogP) is 2.56. The molecular formula is C11H11F3N2O6S. The smallest absolute Gasteiger partial charge is 0.374 e. The Kier molecular flexibility index (Phi) is 5.53. The maximum atomic E-state index is 12.3. The number of nitro benzene ring substituents is 1. The Morgan fingerprint density at radius 2 is 2.00 bits per heavy atom. The van der Waals surface area contributed by atoms with E-state index in [0.29, 0.717) is 18.6 Å². The maximum absolute atomic E-state index is 12.3. The first-order valence-electron chi connectivity index (χ1n) is 6.07. The average Bonchev–Trinajstić information content (AvgIpc) is 2.39. The van der Waals surface area contributed by atoms with Gasteiger partial charge in [-0.3, -0.25) is 14.9 Å². The normalized spacial score (nSPS) is 11.8. The minimum atomic E-state index is -5.98. The SMILES string of the molecule is CCCC(=O)Nc1cc([N+](=O)[O-])ccc1OS(=O)(=O)C(F)(F)F. The van der Waals surface area contributed by atoms with Crippen LogP contribution < -0.4 is 9.50 Å². The number of benzene rings is 1. The van der Waals surface area contributed by atoms with Gasteiger partial charge in [-0.15, -0.1) is 0 Å². The Bertz CT molecular complexity index is 717. The molecule has 1 rings (SSSR count). The number of alkyl halides is 3. The quantitative estimate of drug-likeness (QED) is 0.362. The van der Waals surface area contributed by atoms with E-state index in [2.05, 4.69) is 9.50 Å². The topological polar surface area (TPSA) is 116 Å². The number of amides is 1. The lowest BCUT2D eigenvalue weighted by atomic mass is 10.2. The van der Waals surface area contributed by atoms with Crippen LogP contribution in [0.3, 0.4) is 0 Å². The van der Waals surface area contributed by atoms with Crippen molar-refractivity contribution >= 4 is 27.4 Å². The van der Waals surface area contributed by atoms with Crippen LogP contribution in [0.25, 0.3) is 0 Å². The molecule has 0 aromatic heterocycles. The molecule has 0 unspecified atom stereocenters. The number of anilines is 1. The van der Waals surface area contributed by atoms with Gasteiger partial charge in [0, 0.05) is 18.6 Å². The molecular weight excluding hydrogens is 345 g/mol. The Balaban J connectivity index is 3.25. The van der Waals surface area contributed by atoms with Gasteiger partial charge in [-0.2, -0.15) is 21.6 Å². The van der Waals surface area contributed by atoms with Crippen molar-refractivity contribution in [3.63, 3.8) is 0 Å². The summed E-state index contributed by atoms with van der Waals surface area (Å²) in [5.41, 5.74) is -6.79. The summed E-state index contributed by atoms with van der Waals surface area (Å²) >= 11 is 0. The highest BCUT2D eigenvalue weighted by molar-refractivity contribution is 7.88. The highest BCUT2D eigenvalue weighted by atomic mass is 32.2. The van der Waals surface area contributed by atoms with E-state index in [1.807, 2.05) is 0 Å². The fraction of sp³-hybridized carbons (Fsp3) is 0.364. The van der Waals surface area contributed by atoms with E-state index in [1.165, 1.54) is 0 Å². The summed E-state index contributed by atoms with van der Waals surface area (Å²) in [6, 6.07) is 2.11. The molecule has 0 aliphatic rings. The molecule has 8 nitrogen and oxygen atoms in total. The predicted molar refractivity (Wildman–Crippen MR) is 72.2 cm³/mol. The van der Waals surface area contributed by atoms with Crippen molar-refractivity contribution in [1.82, 2.24) is 0 Å². The van der Waals surface area contributed by atoms with Gasteiger partial charge < -0.3 is 9.50 Å². The third-order valence-electron chi connectivity index (χ3n) is 2.41. The second-order valence-electron chi connectivity index (χ2n) is 4.22. The van der Waals surface area contributed by atoms with Crippen LogP contribution in [-0.2, 0) is 14.9 Å². The number of carbonyl (C=O) groups is 1. The zero-order chi connectivity index (χ0) is 17.8. The van der Waals surface area contributed by atoms with Gasteiger partial charge in [0.2, 0.25) is 5.91 Å². The molecule has 12 heteroatoms. The van der Waals surface area contributed by atoms with Gasteiger partial charge in [0.15, 0.2) is 5.75 Å². The lowest BCUT2D eigenvalue weighted by molar-refractivity contribution is -0.384. The number of hydrogen-bond donors (Lipinski definition) is 1. The molecule has 0 aliphatic heterocycles. The number of nitrogens with zero attached hydrogens (tertiary/aromatic N) is 1. The summed E-state index contributed by atoms with van der Waals surface area (Å²) in [5, 5.41) is 12.8. The zero-order valence-corrected chi connectivity index (χ0v) is 12.4. The van der Waals surface area contributed by atoms with E-state index in [1.54, 1.807) is 6.92 Å². The van der Waals surface area contributed by atoms with Gasteiger partial charge in [-0.1, -0.05) is 6.92 Å². The molecule has 1 aromatic rings. The number of hydrogen-bond acceptors (Lipinski definition) is 6. The van der Waals surface area contributed by atoms with E-state index in [9.17, 15) is 36.5 Å². The van der Waals surface area contributed by atoms with Crippen LogP contribution in [-0.4, -0.2) is 24.8 Å². The van der Waals surface area contributed by atoms with E-state index in [4.69, 9.17) is 0 Å². The molecule has 0 saturated carbocycles. The van der Waals surface area contributed by atoms with Crippen LogP contribution in [0.2, 0.25) is 0 Å². The molecule has 0 spiro atoms. The third-order valence-corrected chi connectivity index (χ3v) is 3.37.